The molecule has 0 radical (unpaired) electrons. The smallest absolute Gasteiger partial charge is 0.382 e. The highest BCUT2D eigenvalue weighted by molar-refractivity contribution is 7.14. The number of carbonyl (C=O) groups excluding carboxylic acids is 1. The Hall–Kier alpha value is -1.60. The van der Waals surface area contributed by atoms with E-state index in [1.165, 1.54) is 11.3 Å². The number of carbonyl (C=O) groups is 2. The Morgan fingerprint density at radius 3 is 2.83 bits per heavy atom. The van der Waals surface area contributed by atoms with E-state index in [1.54, 1.807) is 12.1 Å². The van der Waals surface area contributed by atoms with Crippen molar-refractivity contribution in [3.05, 3.63) is 21.9 Å². The molecule has 12 heavy (non-hydrogen) atoms. The lowest BCUT2D eigenvalue weighted by Gasteiger charge is -1.74. The summed E-state index contributed by atoms with van der Waals surface area (Å²) >= 11 is 1.17. The third kappa shape index (κ3) is 2.22. The zero-order chi connectivity index (χ0) is 8.97. The molecule has 0 aliphatic heterocycles. The van der Waals surface area contributed by atoms with Crippen LogP contribution >= 0.6 is 11.3 Å². The van der Waals surface area contributed by atoms with Crippen molar-refractivity contribution < 1.29 is 14.7 Å². The van der Waals surface area contributed by atoms with Crippen LogP contribution in [-0.4, -0.2) is 17.4 Å². The van der Waals surface area contributed by atoms with Crippen molar-refractivity contribution in [2.45, 2.75) is 0 Å². The number of rotatable bonds is 1. The molecule has 4 heteroatoms. The van der Waals surface area contributed by atoms with Crippen LogP contribution in [-0.2, 0) is 4.79 Å². The molecule has 60 valence electrons. The molecule has 1 aromatic heterocycles. The van der Waals surface area contributed by atoms with Gasteiger partial charge in [0.15, 0.2) is 6.29 Å². The highest BCUT2D eigenvalue weighted by Crippen LogP contribution is 2.12. The van der Waals surface area contributed by atoms with E-state index in [0.29, 0.717) is 16.0 Å². The van der Waals surface area contributed by atoms with Crippen LogP contribution < -0.4 is 0 Å². The van der Waals surface area contributed by atoms with Crippen LogP contribution in [0.25, 0.3) is 0 Å². The first-order chi connectivity index (χ1) is 5.72. The summed E-state index contributed by atoms with van der Waals surface area (Å²) in [5.74, 6) is 3.20. The van der Waals surface area contributed by atoms with E-state index < -0.39 is 5.97 Å². The number of carboxylic acids is 1. The second-order valence-corrected chi connectivity index (χ2v) is 2.99. The first-order valence-electron chi connectivity index (χ1n) is 3.02. The molecule has 0 amide bonds. The summed E-state index contributed by atoms with van der Waals surface area (Å²) in [6, 6.07) is 3.22. The molecule has 0 atom stereocenters. The van der Waals surface area contributed by atoms with Crippen molar-refractivity contribution in [2.75, 3.05) is 0 Å². The van der Waals surface area contributed by atoms with Crippen molar-refractivity contribution in [3.8, 4) is 11.8 Å². The van der Waals surface area contributed by atoms with E-state index >= 15 is 0 Å². The van der Waals surface area contributed by atoms with Crippen LogP contribution in [0.4, 0.5) is 0 Å². The van der Waals surface area contributed by atoms with Gasteiger partial charge >= 0.3 is 5.97 Å². The number of thiophene rings is 1. The average Bonchev–Trinajstić information content (AvgIpc) is 2.48. The molecule has 0 saturated heterocycles. The first kappa shape index (κ1) is 8.50. The zero-order valence-corrected chi connectivity index (χ0v) is 6.72. The van der Waals surface area contributed by atoms with E-state index in [-0.39, 0.29) is 0 Å². The van der Waals surface area contributed by atoms with Gasteiger partial charge in [0.25, 0.3) is 0 Å². The average molecular weight is 180 g/mol. The summed E-state index contributed by atoms with van der Waals surface area (Å²) in [6.07, 6.45) is 0.705. The Morgan fingerprint density at radius 1 is 1.58 bits per heavy atom. The second-order valence-electron chi connectivity index (χ2n) is 1.88. The van der Waals surface area contributed by atoms with Crippen LogP contribution in [0.3, 0.4) is 0 Å². The van der Waals surface area contributed by atoms with Gasteiger partial charge in [-0.2, -0.15) is 0 Å². The van der Waals surface area contributed by atoms with Gasteiger partial charge < -0.3 is 5.11 Å². The SMILES string of the molecule is O=Cc1ccc(C#CC(=O)O)s1. The highest BCUT2D eigenvalue weighted by atomic mass is 32.1. The van der Waals surface area contributed by atoms with E-state index in [4.69, 9.17) is 5.11 Å². The third-order valence-corrected chi connectivity index (χ3v) is 1.96. The summed E-state index contributed by atoms with van der Waals surface area (Å²) in [5.41, 5.74) is 0. The van der Waals surface area contributed by atoms with Gasteiger partial charge in [0.1, 0.15) is 0 Å². The van der Waals surface area contributed by atoms with E-state index in [2.05, 4.69) is 5.92 Å². The third-order valence-electron chi connectivity index (χ3n) is 1.04. The molecule has 0 bridgehead atoms. The number of aldehydes is 1. The van der Waals surface area contributed by atoms with Crippen molar-refractivity contribution in [1.29, 1.82) is 0 Å². The molecule has 0 aromatic carbocycles. The van der Waals surface area contributed by atoms with Crippen molar-refractivity contribution in [3.63, 3.8) is 0 Å². The molecule has 0 aliphatic rings. The van der Waals surface area contributed by atoms with Gasteiger partial charge in [-0.15, -0.1) is 11.3 Å². The van der Waals surface area contributed by atoms with Crippen molar-refractivity contribution in [1.82, 2.24) is 0 Å². The van der Waals surface area contributed by atoms with Gasteiger partial charge in [0.2, 0.25) is 0 Å². The molecular formula is C8H4O3S. The van der Waals surface area contributed by atoms with Crippen LogP contribution in [0.2, 0.25) is 0 Å². The Bertz CT molecular complexity index is 367. The summed E-state index contributed by atoms with van der Waals surface area (Å²) in [7, 11) is 0. The van der Waals surface area contributed by atoms with Gasteiger partial charge in [0, 0.05) is 5.92 Å². The maximum atomic E-state index is 10.2. The number of hydrogen-bond acceptors (Lipinski definition) is 3. The quantitative estimate of drug-likeness (QED) is 0.518. The lowest BCUT2D eigenvalue weighted by atomic mass is 10.4. The lowest BCUT2D eigenvalue weighted by Crippen LogP contribution is -1.85. The first-order valence-corrected chi connectivity index (χ1v) is 3.84. The predicted molar refractivity (Wildman–Crippen MR) is 44.2 cm³/mol. The minimum atomic E-state index is -1.17. The summed E-state index contributed by atoms with van der Waals surface area (Å²) in [6.45, 7) is 0. The topological polar surface area (TPSA) is 54.4 Å². The molecular weight excluding hydrogens is 176 g/mol. The van der Waals surface area contributed by atoms with Gasteiger partial charge in [0.05, 0.1) is 9.75 Å². The highest BCUT2D eigenvalue weighted by Gasteiger charge is 1.94. The molecule has 0 saturated carbocycles. The minimum absolute atomic E-state index is 0.546. The van der Waals surface area contributed by atoms with Crippen LogP contribution in [0.5, 0.6) is 0 Å². The Morgan fingerprint density at radius 2 is 2.33 bits per heavy atom. The standard InChI is InChI=1S/C8H4O3S/c9-5-7-2-1-6(12-7)3-4-8(10)11/h1-2,5H,(H,10,11). The number of aliphatic carboxylic acids is 1. The zero-order valence-electron chi connectivity index (χ0n) is 5.90. The number of carboxylic acid groups (broad SMARTS) is 1. The largest absolute Gasteiger partial charge is 0.472 e. The van der Waals surface area contributed by atoms with Gasteiger partial charge in [-0.3, -0.25) is 4.79 Å². The summed E-state index contributed by atoms with van der Waals surface area (Å²) in [5, 5.41) is 8.20. The van der Waals surface area contributed by atoms with Gasteiger partial charge in [-0.25, -0.2) is 4.79 Å². The molecule has 1 rings (SSSR count). The van der Waals surface area contributed by atoms with Crippen LogP contribution in [0.15, 0.2) is 12.1 Å². The fraction of sp³-hybridized carbons (Fsp3) is 0. The van der Waals surface area contributed by atoms with Crippen LogP contribution in [0.1, 0.15) is 14.5 Å². The van der Waals surface area contributed by atoms with Crippen LogP contribution in [0, 0.1) is 11.8 Å². The van der Waals surface area contributed by atoms with Crippen molar-refractivity contribution >= 4 is 23.6 Å². The molecule has 0 aliphatic carbocycles. The normalized spacial score (nSPS) is 8.33. The molecule has 1 aromatic rings. The number of hydrogen-bond donors (Lipinski definition) is 1. The Balaban J connectivity index is 2.85. The van der Waals surface area contributed by atoms with Gasteiger partial charge in [-0.1, -0.05) is 0 Å². The summed E-state index contributed by atoms with van der Waals surface area (Å²) < 4.78 is 0. The molecule has 0 spiro atoms. The summed E-state index contributed by atoms with van der Waals surface area (Å²) in [4.78, 5) is 21.3. The fourth-order valence-electron chi connectivity index (χ4n) is 0.598. The van der Waals surface area contributed by atoms with Crippen molar-refractivity contribution in [2.24, 2.45) is 0 Å². The predicted octanol–water partition coefficient (Wildman–Crippen LogP) is 0.997. The molecule has 0 fully saturated rings. The monoisotopic (exact) mass is 180 g/mol. The Kier molecular flexibility index (Phi) is 2.62. The molecule has 1 N–H and O–H groups in total. The lowest BCUT2D eigenvalue weighted by molar-refractivity contribution is -0.130. The minimum Gasteiger partial charge on any atom is -0.472 e. The maximum Gasteiger partial charge on any atom is 0.382 e. The van der Waals surface area contributed by atoms with Gasteiger partial charge in [-0.05, 0) is 18.1 Å². The maximum absolute atomic E-state index is 10.2. The van der Waals surface area contributed by atoms with E-state index in [9.17, 15) is 9.59 Å². The fourth-order valence-corrected chi connectivity index (χ4v) is 1.27. The Labute approximate surface area is 72.6 Å². The molecule has 3 nitrogen and oxygen atoms in total. The second kappa shape index (κ2) is 3.69. The molecule has 1 heterocycles. The van der Waals surface area contributed by atoms with E-state index in [1.807, 2.05) is 5.92 Å². The van der Waals surface area contributed by atoms with E-state index in [0.717, 1.165) is 0 Å². The molecule has 0 unspecified atom stereocenters.